The highest BCUT2D eigenvalue weighted by Crippen LogP contribution is 2.53. The fraction of sp³-hybridized carbons (Fsp3) is 0.256. The van der Waals surface area contributed by atoms with E-state index in [1.165, 1.54) is 54.7 Å². The van der Waals surface area contributed by atoms with Crippen LogP contribution in [0.1, 0.15) is 73.6 Å². The summed E-state index contributed by atoms with van der Waals surface area (Å²) in [5.74, 6) is 0. The topological polar surface area (TPSA) is 3.24 Å². The molecule has 0 saturated heterocycles. The van der Waals surface area contributed by atoms with Crippen molar-refractivity contribution in [1.29, 1.82) is 0 Å². The number of hydrogen-bond donors (Lipinski definition) is 0. The minimum Gasteiger partial charge on any atom is -0.309 e. The molecule has 6 aromatic rings. The molecular weight excluding hydrogens is 595 g/mol. The van der Waals surface area contributed by atoms with E-state index in [-0.39, 0.29) is 10.8 Å². The van der Waals surface area contributed by atoms with E-state index in [0.29, 0.717) is 16.4 Å². The molecule has 0 amide bonds. The highest BCUT2D eigenvalue weighted by atomic mass is 32.1. The fourth-order valence-electron chi connectivity index (χ4n) is 7.56. The van der Waals surface area contributed by atoms with Gasteiger partial charge in [0, 0.05) is 32.3 Å². The average Bonchev–Trinajstić information content (AvgIpc) is 3.56. The van der Waals surface area contributed by atoms with Gasteiger partial charge in [-0.3, -0.25) is 0 Å². The second-order valence-corrected chi connectivity index (χ2v) is 16.0. The standard InChI is InChI=1S/C43H40B3NS/c1-23-18-27(38-25(3)26(4)39(44)41(46)40(38)45)19-35(24(23)2)47(29-16-14-28(15-17-29)42(5,6)7)36-22-48-37-21-34-31(20-32(36)37)30-12-10-11-13-33(30)43(34,8)9/h10-22H,1-9H3. The normalized spacial score (nSPS) is 13.5. The van der Waals surface area contributed by atoms with Crippen LogP contribution >= 0.6 is 11.3 Å². The number of hydrogen-bond acceptors (Lipinski definition) is 2. The van der Waals surface area contributed by atoms with E-state index in [4.69, 9.17) is 23.5 Å². The van der Waals surface area contributed by atoms with Gasteiger partial charge in [0.15, 0.2) is 0 Å². The Morgan fingerprint density at radius 3 is 2.04 bits per heavy atom. The van der Waals surface area contributed by atoms with E-state index in [2.05, 4.69) is 138 Å². The maximum Gasteiger partial charge on any atom is 0.113 e. The van der Waals surface area contributed by atoms with Crippen molar-refractivity contribution in [2.24, 2.45) is 0 Å². The smallest absolute Gasteiger partial charge is 0.113 e. The maximum atomic E-state index is 6.73. The van der Waals surface area contributed by atoms with Crippen LogP contribution in [-0.2, 0) is 10.8 Å². The molecule has 0 aliphatic heterocycles. The summed E-state index contributed by atoms with van der Waals surface area (Å²) in [5, 5.41) is 3.57. The Morgan fingerprint density at radius 2 is 1.35 bits per heavy atom. The molecule has 5 aromatic carbocycles. The molecule has 0 fully saturated rings. The maximum absolute atomic E-state index is 6.73. The zero-order valence-corrected chi connectivity index (χ0v) is 30.4. The van der Waals surface area contributed by atoms with Gasteiger partial charge in [0.05, 0.1) is 5.69 Å². The van der Waals surface area contributed by atoms with Crippen molar-refractivity contribution in [2.45, 2.75) is 73.1 Å². The van der Waals surface area contributed by atoms with Crippen molar-refractivity contribution in [1.82, 2.24) is 0 Å². The molecule has 0 unspecified atom stereocenters. The van der Waals surface area contributed by atoms with Crippen molar-refractivity contribution in [2.75, 3.05) is 4.90 Å². The molecule has 1 heterocycles. The molecule has 48 heavy (non-hydrogen) atoms. The molecule has 0 spiro atoms. The third kappa shape index (κ3) is 4.92. The number of fused-ring (bicyclic) bond motifs is 4. The minimum atomic E-state index is -0.0500. The molecule has 0 saturated carbocycles. The molecule has 1 aliphatic carbocycles. The van der Waals surface area contributed by atoms with Crippen molar-refractivity contribution in [3.05, 3.63) is 117 Å². The monoisotopic (exact) mass is 635 g/mol. The molecule has 0 atom stereocenters. The summed E-state index contributed by atoms with van der Waals surface area (Å²) in [6.07, 6.45) is 0. The first-order valence-electron chi connectivity index (χ1n) is 16.7. The predicted octanol–water partition coefficient (Wildman–Crippen LogP) is 9.26. The number of aryl methyl sites for hydroxylation is 1. The molecule has 232 valence electrons. The fourth-order valence-corrected chi connectivity index (χ4v) is 8.51. The van der Waals surface area contributed by atoms with E-state index < -0.39 is 0 Å². The van der Waals surface area contributed by atoms with Gasteiger partial charge in [0.1, 0.15) is 23.5 Å². The van der Waals surface area contributed by atoms with Crippen molar-refractivity contribution >= 4 is 78.4 Å². The first kappa shape index (κ1) is 32.6. The average molecular weight is 635 g/mol. The zero-order chi connectivity index (χ0) is 34.4. The van der Waals surface area contributed by atoms with Gasteiger partial charge in [0.2, 0.25) is 0 Å². The van der Waals surface area contributed by atoms with Crippen LogP contribution in [0.4, 0.5) is 17.1 Å². The summed E-state index contributed by atoms with van der Waals surface area (Å²) >= 11 is 1.81. The summed E-state index contributed by atoms with van der Waals surface area (Å²) in [4.78, 5) is 2.44. The Hall–Kier alpha value is -3.95. The lowest BCUT2D eigenvalue weighted by Gasteiger charge is -2.30. The van der Waals surface area contributed by atoms with Crippen LogP contribution < -0.4 is 21.3 Å². The molecule has 1 aliphatic rings. The molecule has 0 N–H and O–H groups in total. The molecule has 5 heteroatoms. The van der Waals surface area contributed by atoms with E-state index in [1.54, 1.807) is 0 Å². The second-order valence-electron chi connectivity index (χ2n) is 15.1. The van der Waals surface area contributed by atoms with E-state index in [9.17, 15) is 0 Å². The predicted molar refractivity (Wildman–Crippen MR) is 213 cm³/mol. The van der Waals surface area contributed by atoms with Crippen LogP contribution in [0.25, 0.3) is 32.3 Å². The quantitative estimate of drug-likeness (QED) is 0.175. The summed E-state index contributed by atoms with van der Waals surface area (Å²) in [5.41, 5.74) is 18.0. The molecule has 7 rings (SSSR count). The van der Waals surface area contributed by atoms with Gasteiger partial charge in [-0.25, -0.2) is 0 Å². The third-order valence-corrected chi connectivity index (χ3v) is 11.8. The third-order valence-electron chi connectivity index (χ3n) is 10.9. The van der Waals surface area contributed by atoms with Gasteiger partial charge in [-0.2, -0.15) is 0 Å². The Balaban J connectivity index is 1.51. The number of benzene rings is 5. The van der Waals surface area contributed by atoms with Gasteiger partial charge < -0.3 is 4.90 Å². The van der Waals surface area contributed by atoms with Crippen LogP contribution in [0.3, 0.4) is 0 Å². The lowest BCUT2D eigenvalue weighted by molar-refractivity contribution is 0.590. The number of rotatable bonds is 4. The van der Waals surface area contributed by atoms with Crippen LogP contribution in [0.15, 0.2) is 78.2 Å². The summed E-state index contributed by atoms with van der Waals surface area (Å²) in [6.45, 7) is 20.0. The van der Waals surface area contributed by atoms with E-state index in [1.807, 2.05) is 18.3 Å². The van der Waals surface area contributed by atoms with Gasteiger partial charge in [-0.15, -0.1) is 22.3 Å². The first-order valence-corrected chi connectivity index (χ1v) is 17.6. The Bertz CT molecular complexity index is 2240. The minimum absolute atomic E-state index is 0.0492. The zero-order valence-electron chi connectivity index (χ0n) is 29.6. The second kappa shape index (κ2) is 11.3. The highest BCUT2D eigenvalue weighted by molar-refractivity contribution is 7.17. The van der Waals surface area contributed by atoms with Crippen LogP contribution in [0.2, 0.25) is 0 Å². The number of thiophene rings is 1. The first-order chi connectivity index (χ1) is 22.6. The summed E-state index contributed by atoms with van der Waals surface area (Å²) in [6, 6.07) is 27.3. The largest absolute Gasteiger partial charge is 0.309 e. The van der Waals surface area contributed by atoms with Crippen LogP contribution in [0, 0.1) is 27.7 Å². The highest BCUT2D eigenvalue weighted by Gasteiger charge is 2.36. The molecule has 6 radical (unpaired) electrons. The van der Waals surface area contributed by atoms with Gasteiger partial charge in [-0.05, 0) is 119 Å². The summed E-state index contributed by atoms with van der Waals surface area (Å²) < 4.78 is 1.29. The molecule has 1 aromatic heterocycles. The lowest BCUT2D eigenvalue weighted by atomic mass is 9.66. The Kier molecular flexibility index (Phi) is 7.68. The van der Waals surface area contributed by atoms with Crippen LogP contribution in [-0.4, -0.2) is 23.5 Å². The van der Waals surface area contributed by atoms with E-state index >= 15 is 0 Å². The van der Waals surface area contributed by atoms with Gasteiger partial charge in [-0.1, -0.05) is 88.1 Å². The lowest BCUT2D eigenvalue weighted by Crippen LogP contribution is -2.42. The van der Waals surface area contributed by atoms with Crippen molar-refractivity contribution < 1.29 is 0 Å². The molecular formula is C43H40B3NS. The Morgan fingerprint density at radius 1 is 0.667 bits per heavy atom. The van der Waals surface area contributed by atoms with E-state index in [0.717, 1.165) is 33.6 Å². The van der Waals surface area contributed by atoms with Crippen molar-refractivity contribution in [3.8, 4) is 22.3 Å². The number of anilines is 3. The van der Waals surface area contributed by atoms with Gasteiger partial charge >= 0.3 is 0 Å². The van der Waals surface area contributed by atoms with Crippen molar-refractivity contribution in [3.63, 3.8) is 0 Å². The molecule has 1 nitrogen and oxygen atoms in total. The van der Waals surface area contributed by atoms with Crippen LogP contribution in [0.5, 0.6) is 0 Å². The Labute approximate surface area is 294 Å². The van der Waals surface area contributed by atoms with Gasteiger partial charge in [0.25, 0.3) is 0 Å². The summed E-state index contributed by atoms with van der Waals surface area (Å²) in [7, 11) is 19.6. The molecule has 0 bridgehead atoms. The number of nitrogens with zero attached hydrogens (tertiary/aromatic N) is 1. The SMILES string of the molecule is [B]c1c([B])c(C)c(C)c(-c2cc(C)c(C)c(N(c3ccc(C(C)(C)C)cc3)c3csc4cc5c(cc34)-c3ccccc3C5(C)C)c2)c1[B].